The molecule has 1 amide bonds. The Balaban J connectivity index is 1.58. The monoisotopic (exact) mass is 419 g/mol. The largest absolute Gasteiger partial charge is 0.490 e. The predicted octanol–water partition coefficient (Wildman–Crippen LogP) is 5.48. The zero-order chi connectivity index (χ0) is 22.2. The molecule has 1 N–H and O–H groups in total. The quantitative estimate of drug-likeness (QED) is 0.442. The first-order valence-electron chi connectivity index (χ1n) is 10.7. The molecule has 0 aromatic heterocycles. The SMILES string of the molecule is CCOc1ccc([C@H](C)NC(=O)CCC(=O)c2ccc3ccccc3c2)cc1OCC. The molecule has 31 heavy (non-hydrogen) atoms. The number of nitrogens with one attached hydrogen (secondary N) is 1. The molecule has 1 atom stereocenters. The molecular weight excluding hydrogens is 390 g/mol. The van der Waals surface area contributed by atoms with E-state index in [-0.39, 0.29) is 30.6 Å². The van der Waals surface area contributed by atoms with Crippen LogP contribution in [0.1, 0.15) is 55.6 Å². The van der Waals surface area contributed by atoms with E-state index in [0.29, 0.717) is 30.3 Å². The summed E-state index contributed by atoms with van der Waals surface area (Å²) in [4.78, 5) is 25.0. The fourth-order valence-corrected chi connectivity index (χ4v) is 3.47. The van der Waals surface area contributed by atoms with E-state index in [0.717, 1.165) is 16.3 Å². The summed E-state index contributed by atoms with van der Waals surface area (Å²) in [6, 6.07) is 19.0. The molecule has 0 fully saturated rings. The molecule has 3 aromatic rings. The minimum Gasteiger partial charge on any atom is -0.490 e. The molecule has 0 aliphatic rings. The van der Waals surface area contributed by atoms with E-state index >= 15 is 0 Å². The molecule has 0 radical (unpaired) electrons. The van der Waals surface area contributed by atoms with Crippen molar-refractivity contribution in [1.82, 2.24) is 5.32 Å². The topological polar surface area (TPSA) is 64.6 Å². The second-order valence-corrected chi connectivity index (χ2v) is 7.35. The number of benzene rings is 3. The minimum atomic E-state index is -0.210. The number of carbonyl (C=O) groups is 2. The number of rotatable bonds is 10. The predicted molar refractivity (Wildman–Crippen MR) is 123 cm³/mol. The molecule has 0 saturated carbocycles. The van der Waals surface area contributed by atoms with Crippen molar-refractivity contribution in [1.29, 1.82) is 0 Å². The first kappa shape index (κ1) is 22.3. The maximum Gasteiger partial charge on any atom is 0.220 e. The minimum absolute atomic E-state index is 0.0340. The molecular formula is C26H29NO4. The van der Waals surface area contributed by atoms with Crippen LogP contribution in [0, 0.1) is 0 Å². The fraction of sp³-hybridized carbons (Fsp3) is 0.308. The van der Waals surface area contributed by atoms with Crippen LogP contribution in [0.15, 0.2) is 60.7 Å². The van der Waals surface area contributed by atoms with Crippen molar-refractivity contribution >= 4 is 22.5 Å². The van der Waals surface area contributed by atoms with Crippen molar-refractivity contribution in [3.8, 4) is 11.5 Å². The molecule has 0 aliphatic carbocycles. The van der Waals surface area contributed by atoms with Gasteiger partial charge in [0, 0.05) is 18.4 Å². The Labute approximate surface area is 183 Å². The van der Waals surface area contributed by atoms with Gasteiger partial charge in [0.25, 0.3) is 0 Å². The average molecular weight is 420 g/mol. The van der Waals surface area contributed by atoms with E-state index in [4.69, 9.17) is 9.47 Å². The molecule has 162 valence electrons. The maximum atomic E-state index is 12.6. The van der Waals surface area contributed by atoms with Crippen molar-refractivity contribution in [3.63, 3.8) is 0 Å². The van der Waals surface area contributed by atoms with Crippen LogP contribution in [0.2, 0.25) is 0 Å². The van der Waals surface area contributed by atoms with Gasteiger partial charge in [0.15, 0.2) is 17.3 Å². The zero-order valence-corrected chi connectivity index (χ0v) is 18.3. The Morgan fingerprint density at radius 3 is 2.29 bits per heavy atom. The van der Waals surface area contributed by atoms with Crippen molar-refractivity contribution in [2.45, 2.75) is 39.7 Å². The van der Waals surface area contributed by atoms with Gasteiger partial charge in [-0.1, -0.05) is 42.5 Å². The second kappa shape index (κ2) is 10.6. The summed E-state index contributed by atoms with van der Waals surface area (Å²) < 4.78 is 11.3. The van der Waals surface area contributed by atoms with Gasteiger partial charge >= 0.3 is 0 Å². The lowest BCUT2D eigenvalue weighted by molar-refractivity contribution is -0.121. The smallest absolute Gasteiger partial charge is 0.220 e. The molecule has 0 bridgehead atoms. The van der Waals surface area contributed by atoms with Gasteiger partial charge in [-0.05, 0) is 55.3 Å². The Bertz CT molecular complexity index is 1060. The summed E-state index contributed by atoms with van der Waals surface area (Å²) in [6.45, 7) is 6.83. The van der Waals surface area contributed by atoms with Gasteiger partial charge in [-0.3, -0.25) is 9.59 Å². The van der Waals surface area contributed by atoms with E-state index in [2.05, 4.69) is 5.32 Å². The second-order valence-electron chi connectivity index (χ2n) is 7.35. The highest BCUT2D eigenvalue weighted by Crippen LogP contribution is 2.30. The van der Waals surface area contributed by atoms with Gasteiger partial charge in [-0.25, -0.2) is 0 Å². The van der Waals surface area contributed by atoms with Crippen LogP contribution in [0.4, 0.5) is 0 Å². The van der Waals surface area contributed by atoms with Crippen LogP contribution in [0.5, 0.6) is 11.5 Å². The fourth-order valence-electron chi connectivity index (χ4n) is 3.47. The molecule has 0 saturated heterocycles. The van der Waals surface area contributed by atoms with E-state index in [9.17, 15) is 9.59 Å². The first-order chi connectivity index (χ1) is 15.0. The van der Waals surface area contributed by atoms with Crippen LogP contribution < -0.4 is 14.8 Å². The van der Waals surface area contributed by atoms with Crippen LogP contribution in [-0.2, 0) is 4.79 Å². The van der Waals surface area contributed by atoms with Gasteiger partial charge in [0.05, 0.1) is 19.3 Å². The van der Waals surface area contributed by atoms with Crippen molar-refractivity contribution < 1.29 is 19.1 Å². The normalized spacial score (nSPS) is 11.7. The molecule has 5 heteroatoms. The number of ketones is 1. The molecule has 0 unspecified atom stereocenters. The zero-order valence-electron chi connectivity index (χ0n) is 18.3. The highest BCUT2D eigenvalue weighted by Gasteiger charge is 2.15. The van der Waals surface area contributed by atoms with Crippen LogP contribution in [-0.4, -0.2) is 24.9 Å². The maximum absolute atomic E-state index is 12.6. The highest BCUT2D eigenvalue weighted by atomic mass is 16.5. The summed E-state index contributed by atoms with van der Waals surface area (Å²) in [5.41, 5.74) is 1.55. The van der Waals surface area contributed by atoms with E-state index in [1.807, 2.05) is 81.4 Å². The standard InChI is InChI=1S/C26H29NO4/c1-4-30-24-14-12-20(17-25(24)31-5-2)18(3)27-26(29)15-13-23(28)22-11-10-19-8-6-7-9-21(19)16-22/h6-12,14,16-18H,4-5,13,15H2,1-3H3,(H,27,29)/t18-/m0/s1. The lowest BCUT2D eigenvalue weighted by Crippen LogP contribution is -2.27. The Morgan fingerprint density at radius 1 is 0.839 bits per heavy atom. The van der Waals surface area contributed by atoms with Crippen molar-refractivity contribution in [2.75, 3.05) is 13.2 Å². The Morgan fingerprint density at radius 2 is 1.55 bits per heavy atom. The molecule has 3 aromatic carbocycles. The lowest BCUT2D eigenvalue weighted by atomic mass is 10.0. The number of ether oxygens (including phenoxy) is 2. The molecule has 5 nitrogen and oxygen atoms in total. The van der Waals surface area contributed by atoms with Gasteiger partial charge in [-0.2, -0.15) is 0 Å². The number of hydrogen-bond donors (Lipinski definition) is 1. The van der Waals surface area contributed by atoms with Gasteiger partial charge in [0.1, 0.15) is 0 Å². The van der Waals surface area contributed by atoms with Gasteiger partial charge < -0.3 is 14.8 Å². The van der Waals surface area contributed by atoms with E-state index in [1.54, 1.807) is 0 Å². The van der Waals surface area contributed by atoms with E-state index < -0.39 is 0 Å². The lowest BCUT2D eigenvalue weighted by Gasteiger charge is -2.17. The average Bonchev–Trinajstić information content (AvgIpc) is 2.78. The van der Waals surface area contributed by atoms with Crippen LogP contribution in [0.25, 0.3) is 10.8 Å². The Kier molecular flexibility index (Phi) is 7.65. The molecule has 0 heterocycles. The van der Waals surface area contributed by atoms with Gasteiger partial charge in [0.2, 0.25) is 5.91 Å². The summed E-state index contributed by atoms with van der Waals surface area (Å²) in [7, 11) is 0. The first-order valence-corrected chi connectivity index (χ1v) is 10.7. The Hall–Kier alpha value is -3.34. The van der Waals surface area contributed by atoms with Crippen LogP contribution >= 0.6 is 0 Å². The number of carbonyl (C=O) groups excluding carboxylic acids is 2. The number of amides is 1. The van der Waals surface area contributed by atoms with Crippen LogP contribution in [0.3, 0.4) is 0 Å². The summed E-state index contributed by atoms with van der Waals surface area (Å²) in [6.07, 6.45) is 0.315. The third-order valence-corrected chi connectivity index (χ3v) is 5.10. The third-order valence-electron chi connectivity index (χ3n) is 5.10. The number of hydrogen-bond acceptors (Lipinski definition) is 4. The molecule has 3 rings (SSSR count). The molecule has 0 spiro atoms. The summed E-state index contributed by atoms with van der Waals surface area (Å²) in [5, 5.41) is 5.08. The van der Waals surface area contributed by atoms with Crippen molar-refractivity contribution in [3.05, 3.63) is 71.8 Å². The summed E-state index contributed by atoms with van der Waals surface area (Å²) >= 11 is 0. The third kappa shape index (κ3) is 5.85. The number of fused-ring (bicyclic) bond motifs is 1. The van der Waals surface area contributed by atoms with Crippen molar-refractivity contribution in [2.24, 2.45) is 0 Å². The van der Waals surface area contributed by atoms with E-state index in [1.165, 1.54) is 0 Å². The highest BCUT2D eigenvalue weighted by molar-refractivity contribution is 6.01. The molecule has 0 aliphatic heterocycles. The van der Waals surface area contributed by atoms with Gasteiger partial charge in [-0.15, -0.1) is 0 Å². The summed E-state index contributed by atoms with van der Waals surface area (Å²) in [5.74, 6) is 1.16. The number of Topliss-reactive ketones (excluding diaryl/α,β-unsaturated/α-hetero) is 1.